The highest BCUT2D eigenvalue weighted by Gasteiger charge is 2.29. The molecule has 25 heavy (non-hydrogen) atoms. The van der Waals surface area contributed by atoms with Crippen LogP contribution in [-0.4, -0.2) is 31.1 Å². The molecule has 0 amide bonds. The van der Waals surface area contributed by atoms with Crippen molar-refractivity contribution in [3.05, 3.63) is 30.0 Å². The maximum Gasteiger partial charge on any atom is 0.133 e. The van der Waals surface area contributed by atoms with Crippen molar-refractivity contribution in [2.75, 3.05) is 14.2 Å². The molecular formula is C19H23NO5. The highest BCUT2D eigenvalue weighted by atomic mass is 17.2. The highest BCUT2D eigenvalue weighted by molar-refractivity contribution is 5.86. The van der Waals surface area contributed by atoms with Gasteiger partial charge in [0.1, 0.15) is 23.9 Å². The fraction of sp³-hybridized carbons (Fsp3) is 0.474. The molecule has 0 N–H and O–H groups in total. The third kappa shape index (κ3) is 4.08. The normalized spacial score (nSPS) is 20.0. The van der Waals surface area contributed by atoms with Crippen LogP contribution >= 0.6 is 0 Å². The minimum absolute atomic E-state index is 0.0396. The number of methoxy groups -OCH3 is 1. The first-order valence-corrected chi connectivity index (χ1v) is 8.41. The van der Waals surface area contributed by atoms with Gasteiger partial charge in [0.2, 0.25) is 0 Å². The molecule has 1 unspecified atom stereocenters. The van der Waals surface area contributed by atoms with Gasteiger partial charge < -0.3 is 9.47 Å². The molecule has 1 aromatic heterocycles. The summed E-state index contributed by atoms with van der Waals surface area (Å²) in [6.45, 7) is 1.88. The number of hydrogen-bond acceptors (Lipinski definition) is 6. The molecule has 0 aliphatic heterocycles. The number of ether oxygens (including phenoxy) is 2. The lowest BCUT2D eigenvalue weighted by Gasteiger charge is -2.17. The topological polar surface area (TPSA) is 66.9 Å². The van der Waals surface area contributed by atoms with Crippen molar-refractivity contribution in [1.82, 2.24) is 4.98 Å². The summed E-state index contributed by atoms with van der Waals surface area (Å²) in [5.74, 6) is 1.82. The molecule has 1 aromatic carbocycles. The van der Waals surface area contributed by atoms with Crippen molar-refractivity contribution in [2.24, 2.45) is 5.92 Å². The highest BCUT2D eigenvalue weighted by Crippen LogP contribution is 2.34. The van der Waals surface area contributed by atoms with E-state index in [2.05, 4.69) is 9.87 Å². The maximum atomic E-state index is 11.6. The van der Waals surface area contributed by atoms with E-state index >= 15 is 0 Å². The summed E-state index contributed by atoms with van der Waals surface area (Å²) in [5.41, 5.74) is 1.48. The van der Waals surface area contributed by atoms with Gasteiger partial charge in [-0.1, -0.05) is 0 Å². The van der Waals surface area contributed by atoms with Crippen LogP contribution in [0.15, 0.2) is 24.3 Å². The molecule has 3 rings (SSSR count). The molecule has 2 atom stereocenters. The van der Waals surface area contributed by atoms with Crippen LogP contribution in [0.2, 0.25) is 0 Å². The second kappa shape index (κ2) is 7.80. The number of rotatable bonds is 7. The number of carbonyl (C=O) groups is 1. The van der Waals surface area contributed by atoms with Crippen molar-refractivity contribution >= 4 is 16.7 Å². The first kappa shape index (κ1) is 17.6. The van der Waals surface area contributed by atoms with Crippen molar-refractivity contribution in [3.8, 4) is 11.5 Å². The summed E-state index contributed by atoms with van der Waals surface area (Å²) in [6, 6.07) is 7.56. The van der Waals surface area contributed by atoms with E-state index in [0.29, 0.717) is 5.69 Å². The summed E-state index contributed by atoms with van der Waals surface area (Å²) in [5, 5.41) is 0.910. The molecule has 0 bridgehead atoms. The van der Waals surface area contributed by atoms with Crippen molar-refractivity contribution in [1.29, 1.82) is 0 Å². The summed E-state index contributed by atoms with van der Waals surface area (Å²) in [6.07, 6.45) is 2.57. The lowest BCUT2D eigenvalue weighted by Crippen LogP contribution is -2.15. The average Bonchev–Trinajstić information content (AvgIpc) is 3.08. The van der Waals surface area contributed by atoms with Crippen LogP contribution < -0.4 is 9.47 Å². The number of nitrogens with zero attached hydrogens (tertiary/aromatic N) is 1. The van der Waals surface area contributed by atoms with Gasteiger partial charge in [-0.25, -0.2) is 14.8 Å². The molecule has 0 spiro atoms. The fourth-order valence-electron chi connectivity index (χ4n) is 3.24. The Labute approximate surface area is 147 Å². The SMILES string of the molecule is COOCc1cc(OC2CC[C@H](C(C)=O)C2)c2ccc(OC)cc2n1. The number of pyridine rings is 1. The van der Waals surface area contributed by atoms with Crippen LogP contribution in [0.5, 0.6) is 11.5 Å². The van der Waals surface area contributed by atoms with Crippen molar-refractivity contribution in [3.63, 3.8) is 0 Å². The lowest BCUT2D eigenvalue weighted by atomic mass is 10.0. The van der Waals surface area contributed by atoms with E-state index in [1.165, 1.54) is 7.11 Å². The zero-order chi connectivity index (χ0) is 17.8. The third-order valence-corrected chi connectivity index (χ3v) is 4.61. The van der Waals surface area contributed by atoms with Crippen molar-refractivity contribution < 1.29 is 24.0 Å². The molecule has 1 saturated carbocycles. The van der Waals surface area contributed by atoms with Gasteiger partial charge in [0.05, 0.1) is 31.5 Å². The van der Waals surface area contributed by atoms with Crippen LogP contribution in [0.3, 0.4) is 0 Å². The predicted octanol–water partition coefficient (Wildman–Crippen LogP) is 3.46. The van der Waals surface area contributed by atoms with Gasteiger partial charge in [-0.2, -0.15) is 0 Å². The van der Waals surface area contributed by atoms with Crippen LogP contribution in [0.4, 0.5) is 0 Å². The maximum absolute atomic E-state index is 11.6. The zero-order valence-corrected chi connectivity index (χ0v) is 14.8. The Morgan fingerprint density at radius 3 is 2.76 bits per heavy atom. The Kier molecular flexibility index (Phi) is 5.50. The molecule has 134 valence electrons. The van der Waals surface area contributed by atoms with Gasteiger partial charge in [0.25, 0.3) is 0 Å². The number of aromatic nitrogens is 1. The summed E-state index contributed by atoms with van der Waals surface area (Å²) < 4.78 is 11.5. The van der Waals surface area contributed by atoms with Gasteiger partial charge in [-0.3, -0.25) is 4.79 Å². The third-order valence-electron chi connectivity index (χ3n) is 4.61. The van der Waals surface area contributed by atoms with Gasteiger partial charge in [0, 0.05) is 23.4 Å². The summed E-state index contributed by atoms with van der Waals surface area (Å²) >= 11 is 0. The zero-order valence-electron chi connectivity index (χ0n) is 14.8. The minimum Gasteiger partial charge on any atom is -0.497 e. The van der Waals surface area contributed by atoms with Crippen LogP contribution in [-0.2, 0) is 21.2 Å². The molecular weight excluding hydrogens is 322 g/mol. The van der Waals surface area contributed by atoms with Gasteiger partial charge >= 0.3 is 0 Å². The number of Topliss-reactive ketones (excluding diaryl/α,β-unsaturated/α-hetero) is 1. The van der Waals surface area contributed by atoms with Gasteiger partial charge in [-0.15, -0.1) is 0 Å². The van der Waals surface area contributed by atoms with E-state index in [0.717, 1.165) is 41.7 Å². The summed E-state index contributed by atoms with van der Waals surface area (Å²) in [7, 11) is 3.08. The number of hydrogen-bond donors (Lipinski definition) is 0. The average molecular weight is 345 g/mol. The molecule has 6 nitrogen and oxygen atoms in total. The number of ketones is 1. The van der Waals surface area contributed by atoms with E-state index in [1.54, 1.807) is 14.0 Å². The number of fused-ring (bicyclic) bond motifs is 1. The molecule has 2 aromatic rings. The van der Waals surface area contributed by atoms with E-state index in [-0.39, 0.29) is 24.4 Å². The molecule has 0 radical (unpaired) electrons. The molecule has 6 heteroatoms. The second-order valence-electron chi connectivity index (χ2n) is 6.28. The predicted molar refractivity (Wildman–Crippen MR) is 92.5 cm³/mol. The Hall–Kier alpha value is -2.18. The fourth-order valence-corrected chi connectivity index (χ4v) is 3.24. The van der Waals surface area contributed by atoms with E-state index in [4.69, 9.17) is 14.4 Å². The smallest absolute Gasteiger partial charge is 0.133 e. The first-order valence-electron chi connectivity index (χ1n) is 8.41. The van der Waals surface area contributed by atoms with Crippen LogP contribution in [0, 0.1) is 5.92 Å². The lowest BCUT2D eigenvalue weighted by molar-refractivity contribution is -0.282. The van der Waals surface area contributed by atoms with E-state index in [1.807, 2.05) is 24.3 Å². The quantitative estimate of drug-likeness (QED) is 0.565. The molecule has 0 saturated heterocycles. The van der Waals surface area contributed by atoms with Gasteiger partial charge in [-0.05, 0) is 38.3 Å². The second-order valence-corrected chi connectivity index (χ2v) is 6.28. The molecule has 1 aliphatic rings. The largest absolute Gasteiger partial charge is 0.497 e. The van der Waals surface area contributed by atoms with E-state index < -0.39 is 0 Å². The first-order chi connectivity index (χ1) is 12.1. The Bertz CT molecular complexity index is 761. The monoisotopic (exact) mass is 345 g/mol. The number of benzene rings is 1. The Morgan fingerprint density at radius 2 is 2.08 bits per heavy atom. The minimum atomic E-state index is 0.0396. The summed E-state index contributed by atoms with van der Waals surface area (Å²) in [4.78, 5) is 25.8. The Morgan fingerprint density at radius 1 is 1.24 bits per heavy atom. The molecule has 1 aliphatic carbocycles. The molecule has 1 fully saturated rings. The Balaban J connectivity index is 1.90. The van der Waals surface area contributed by atoms with E-state index in [9.17, 15) is 4.79 Å². The van der Waals surface area contributed by atoms with Gasteiger partial charge in [0.15, 0.2) is 0 Å². The van der Waals surface area contributed by atoms with Crippen LogP contribution in [0.25, 0.3) is 10.9 Å². The number of carbonyl (C=O) groups excluding carboxylic acids is 1. The standard InChI is InChI=1S/C19H23NO5/c1-12(21)13-4-5-16(8-13)25-19-9-14(11-24-23-3)20-18-10-15(22-2)6-7-17(18)19/h6-7,9-10,13,16H,4-5,8,11H2,1-3H3/t13-,16?/m0/s1. The van der Waals surface area contributed by atoms with Crippen molar-refractivity contribution in [2.45, 2.75) is 38.9 Å². The van der Waals surface area contributed by atoms with Crippen LogP contribution in [0.1, 0.15) is 31.9 Å². The molecule has 1 heterocycles.